The number of amides is 1. The van der Waals surface area contributed by atoms with Gasteiger partial charge in [0, 0.05) is 25.0 Å². The van der Waals surface area contributed by atoms with Crippen molar-refractivity contribution in [2.24, 2.45) is 23.5 Å². The Morgan fingerprint density at radius 3 is 2.62 bits per heavy atom. The number of carbonyl (C=O) groups is 1. The first kappa shape index (κ1) is 12.2. The second kappa shape index (κ2) is 4.53. The molecule has 1 aliphatic heterocycles. The molecule has 0 aromatic rings. The molecule has 0 aromatic carbocycles. The lowest BCUT2D eigenvalue weighted by Crippen LogP contribution is -2.46. The Bertz CT molecular complexity index is 280. The lowest BCUT2D eigenvalue weighted by Gasteiger charge is -2.31. The number of hydrogen-bond donors (Lipinski definition) is 1. The standard InChI is InChI=1S/C12H20N2O.ClH/c13-9-2-1-5-14(7-9)12(15)11-6-10(11)8-3-4-8;/h8-11H,1-7,13H2;1H. The number of rotatable bonds is 2. The molecule has 1 heterocycles. The smallest absolute Gasteiger partial charge is 0.226 e. The van der Waals surface area contributed by atoms with E-state index in [0.29, 0.717) is 11.8 Å². The average molecular weight is 245 g/mol. The molecule has 3 fully saturated rings. The monoisotopic (exact) mass is 244 g/mol. The largest absolute Gasteiger partial charge is 0.341 e. The van der Waals surface area contributed by atoms with E-state index in [1.165, 1.54) is 12.8 Å². The number of nitrogens with zero attached hydrogens (tertiary/aromatic N) is 1. The minimum Gasteiger partial charge on any atom is -0.341 e. The van der Waals surface area contributed by atoms with E-state index in [0.717, 1.165) is 44.2 Å². The van der Waals surface area contributed by atoms with Crippen LogP contribution in [0.4, 0.5) is 0 Å². The number of nitrogens with two attached hydrogens (primary N) is 1. The van der Waals surface area contributed by atoms with E-state index in [1.807, 2.05) is 4.90 Å². The third-order valence-corrected chi connectivity index (χ3v) is 4.15. The van der Waals surface area contributed by atoms with Crippen molar-refractivity contribution in [2.75, 3.05) is 13.1 Å². The molecule has 3 atom stereocenters. The van der Waals surface area contributed by atoms with Crippen LogP contribution in [0, 0.1) is 17.8 Å². The number of carbonyl (C=O) groups excluding carboxylic acids is 1. The Morgan fingerprint density at radius 2 is 2.00 bits per heavy atom. The van der Waals surface area contributed by atoms with Gasteiger partial charge in [0.05, 0.1) is 0 Å². The number of hydrogen-bond acceptors (Lipinski definition) is 2. The summed E-state index contributed by atoms with van der Waals surface area (Å²) in [5, 5.41) is 0. The van der Waals surface area contributed by atoms with Crippen LogP contribution in [0.3, 0.4) is 0 Å². The lowest BCUT2D eigenvalue weighted by atomic mass is 10.1. The molecule has 0 aromatic heterocycles. The normalized spacial score (nSPS) is 37.8. The molecule has 16 heavy (non-hydrogen) atoms. The van der Waals surface area contributed by atoms with Gasteiger partial charge in [0.2, 0.25) is 5.91 Å². The molecule has 3 unspecified atom stereocenters. The van der Waals surface area contributed by atoms with Crippen molar-refractivity contribution in [2.45, 2.75) is 38.1 Å². The molecule has 3 rings (SSSR count). The van der Waals surface area contributed by atoms with E-state index in [9.17, 15) is 4.79 Å². The summed E-state index contributed by atoms with van der Waals surface area (Å²) in [6.07, 6.45) is 6.07. The summed E-state index contributed by atoms with van der Waals surface area (Å²) in [6.45, 7) is 1.74. The fourth-order valence-corrected chi connectivity index (χ4v) is 2.99. The molecular formula is C12H21ClN2O. The van der Waals surface area contributed by atoms with Crippen LogP contribution >= 0.6 is 12.4 Å². The zero-order valence-corrected chi connectivity index (χ0v) is 10.4. The van der Waals surface area contributed by atoms with Gasteiger partial charge in [-0.2, -0.15) is 0 Å². The zero-order chi connectivity index (χ0) is 10.4. The van der Waals surface area contributed by atoms with E-state index in [4.69, 9.17) is 5.73 Å². The molecule has 0 bridgehead atoms. The van der Waals surface area contributed by atoms with Crippen LogP contribution in [0.5, 0.6) is 0 Å². The second-order valence-electron chi connectivity index (χ2n) is 5.53. The molecule has 2 aliphatic carbocycles. The zero-order valence-electron chi connectivity index (χ0n) is 9.60. The minimum absolute atomic E-state index is 0. The van der Waals surface area contributed by atoms with Crippen molar-refractivity contribution in [1.29, 1.82) is 0 Å². The quantitative estimate of drug-likeness (QED) is 0.798. The predicted octanol–water partition coefficient (Wildman–Crippen LogP) is 1.40. The topological polar surface area (TPSA) is 46.3 Å². The first-order valence-electron chi connectivity index (χ1n) is 6.30. The van der Waals surface area contributed by atoms with Crippen LogP contribution in [-0.4, -0.2) is 29.9 Å². The van der Waals surface area contributed by atoms with Gasteiger partial charge in [-0.25, -0.2) is 0 Å². The SMILES string of the molecule is Cl.NC1CCCN(C(=O)C2CC2C2CC2)C1. The Hall–Kier alpha value is -0.280. The van der Waals surface area contributed by atoms with Crippen molar-refractivity contribution in [3.8, 4) is 0 Å². The molecule has 1 amide bonds. The van der Waals surface area contributed by atoms with Gasteiger partial charge in [0.15, 0.2) is 0 Å². The van der Waals surface area contributed by atoms with Crippen molar-refractivity contribution >= 4 is 18.3 Å². The first-order valence-corrected chi connectivity index (χ1v) is 6.30. The highest BCUT2D eigenvalue weighted by Crippen LogP contribution is 2.54. The highest BCUT2D eigenvalue weighted by Gasteiger charge is 2.52. The van der Waals surface area contributed by atoms with Gasteiger partial charge in [0.25, 0.3) is 0 Å². The Labute approximate surface area is 103 Å². The summed E-state index contributed by atoms with van der Waals surface area (Å²) in [6, 6.07) is 0.223. The molecule has 1 saturated heterocycles. The van der Waals surface area contributed by atoms with Gasteiger partial charge in [-0.05, 0) is 43.9 Å². The molecule has 0 radical (unpaired) electrons. The molecule has 92 valence electrons. The Morgan fingerprint density at radius 1 is 1.25 bits per heavy atom. The maximum atomic E-state index is 12.1. The van der Waals surface area contributed by atoms with Crippen molar-refractivity contribution in [3.63, 3.8) is 0 Å². The van der Waals surface area contributed by atoms with Gasteiger partial charge in [-0.3, -0.25) is 4.79 Å². The maximum Gasteiger partial charge on any atom is 0.226 e. The summed E-state index contributed by atoms with van der Waals surface area (Å²) < 4.78 is 0. The van der Waals surface area contributed by atoms with Crippen LogP contribution in [0.2, 0.25) is 0 Å². The second-order valence-corrected chi connectivity index (χ2v) is 5.53. The van der Waals surface area contributed by atoms with Crippen LogP contribution in [-0.2, 0) is 4.79 Å². The fourth-order valence-electron chi connectivity index (χ4n) is 2.99. The molecule has 0 spiro atoms. The molecular weight excluding hydrogens is 224 g/mol. The Balaban J connectivity index is 0.000000963. The summed E-state index contributed by atoms with van der Waals surface area (Å²) in [5.74, 6) is 2.43. The summed E-state index contributed by atoms with van der Waals surface area (Å²) in [7, 11) is 0. The van der Waals surface area contributed by atoms with Crippen LogP contribution in [0.1, 0.15) is 32.1 Å². The summed E-state index contributed by atoms with van der Waals surface area (Å²) in [5.41, 5.74) is 5.90. The van der Waals surface area contributed by atoms with Gasteiger partial charge < -0.3 is 10.6 Å². The summed E-state index contributed by atoms with van der Waals surface area (Å²) >= 11 is 0. The van der Waals surface area contributed by atoms with Crippen LogP contribution in [0.15, 0.2) is 0 Å². The summed E-state index contributed by atoms with van der Waals surface area (Å²) in [4.78, 5) is 14.1. The predicted molar refractivity (Wildman–Crippen MR) is 65.4 cm³/mol. The number of halogens is 1. The maximum absolute atomic E-state index is 12.1. The molecule has 3 aliphatic rings. The van der Waals surface area contributed by atoms with E-state index in [1.54, 1.807) is 0 Å². The van der Waals surface area contributed by atoms with Crippen molar-refractivity contribution in [3.05, 3.63) is 0 Å². The van der Waals surface area contributed by atoms with E-state index >= 15 is 0 Å². The van der Waals surface area contributed by atoms with E-state index in [-0.39, 0.29) is 18.4 Å². The molecule has 3 nitrogen and oxygen atoms in total. The average Bonchev–Trinajstić information content (AvgIpc) is 3.07. The highest BCUT2D eigenvalue weighted by molar-refractivity contribution is 5.85. The van der Waals surface area contributed by atoms with Gasteiger partial charge >= 0.3 is 0 Å². The van der Waals surface area contributed by atoms with Gasteiger partial charge in [0.1, 0.15) is 0 Å². The molecule has 4 heteroatoms. The highest BCUT2D eigenvalue weighted by atomic mass is 35.5. The van der Waals surface area contributed by atoms with Crippen molar-refractivity contribution < 1.29 is 4.79 Å². The minimum atomic E-state index is 0. The van der Waals surface area contributed by atoms with E-state index in [2.05, 4.69) is 0 Å². The molecule has 2 saturated carbocycles. The fraction of sp³-hybridized carbons (Fsp3) is 0.917. The van der Waals surface area contributed by atoms with Crippen LogP contribution < -0.4 is 5.73 Å². The third kappa shape index (κ3) is 2.35. The number of piperidine rings is 1. The number of likely N-dealkylation sites (tertiary alicyclic amines) is 1. The third-order valence-electron chi connectivity index (χ3n) is 4.15. The van der Waals surface area contributed by atoms with E-state index < -0.39 is 0 Å². The van der Waals surface area contributed by atoms with Crippen LogP contribution in [0.25, 0.3) is 0 Å². The van der Waals surface area contributed by atoms with Crippen molar-refractivity contribution in [1.82, 2.24) is 4.90 Å². The first-order chi connectivity index (χ1) is 7.25. The molecule has 2 N–H and O–H groups in total. The Kier molecular flexibility index (Phi) is 3.45. The van der Waals surface area contributed by atoms with Gasteiger partial charge in [-0.15, -0.1) is 12.4 Å². The lowest BCUT2D eigenvalue weighted by molar-refractivity contribution is -0.134. The van der Waals surface area contributed by atoms with Gasteiger partial charge in [-0.1, -0.05) is 0 Å².